The summed E-state index contributed by atoms with van der Waals surface area (Å²) in [5.74, 6) is -14.6. The van der Waals surface area contributed by atoms with Gasteiger partial charge in [0.1, 0.15) is 25.1 Å². The molecule has 35 nitrogen and oxygen atoms in total. The molecule has 0 radical (unpaired) electrons. The van der Waals surface area contributed by atoms with Crippen molar-refractivity contribution in [3.63, 3.8) is 0 Å². The lowest BCUT2D eigenvalue weighted by atomic mass is 9.90. The predicted molar refractivity (Wildman–Crippen MR) is 409 cm³/mol. The van der Waals surface area contributed by atoms with E-state index in [1.807, 2.05) is 0 Å². The molecule has 13 N–H and O–H groups in total. The Morgan fingerprint density at radius 3 is 1.74 bits per heavy atom. The number of nitrogens with zero attached hydrogens (tertiary/aromatic N) is 2. The highest BCUT2D eigenvalue weighted by Gasteiger charge is 2.36. The predicted octanol–water partition coefficient (Wildman–Crippen LogP) is -0.499. The molecular formula is C72H107FN12O23S3. The Kier molecular flexibility index (Phi) is 50.2. The zero-order valence-corrected chi connectivity index (χ0v) is 65.0. The van der Waals surface area contributed by atoms with Gasteiger partial charge in [-0.05, 0) is 68.2 Å². The number of rotatable bonds is 47. The Hall–Kier alpha value is -8.25. The van der Waals surface area contributed by atoms with Crippen molar-refractivity contribution in [3.05, 3.63) is 71.5 Å². The fourth-order valence-corrected chi connectivity index (χ4v) is 13.8. The Labute approximate surface area is 656 Å². The summed E-state index contributed by atoms with van der Waals surface area (Å²) in [6.07, 6.45) is -0.352. The van der Waals surface area contributed by atoms with Crippen LogP contribution in [0.4, 0.5) is 4.39 Å². The van der Waals surface area contributed by atoms with Gasteiger partial charge in [-0.15, -0.1) is 11.8 Å². The van der Waals surface area contributed by atoms with Crippen molar-refractivity contribution < 1.29 is 115 Å². The normalized spacial score (nSPS) is 19.6. The van der Waals surface area contributed by atoms with E-state index in [2.05, 4.69) is 52.7 Å². The van der Waals surface area contributed by atoms with Gasteiger partial charge in [0, 0.05) is 94.7 Å². The van der Waals surface area contributed by atoms with E-state index in [1.165, 1.54) is 37.6 Å². The van der Waals surface area contributed by atoms with Crippen LogP contribution in [0, 0.1) is 23.6 Å². The van der Waals surface area contributed by atoms with E-state index in [4.69, 9.17) is 54.2 Å². The number of guanidine groups is 1. The molecule has 7 atom stereocenters. The van der Waals surface area contributed by atoms with Gasteiger partial charge in [0.15, 0.2) is 35.7 Å². The summed E-state index contributed by atoms with van der Waals surface area (Å²) in [4.78, 5) is 187. The average molecular weight is 1620 g/mol. The molecule has 2 aromatic rings. The lowest BCUT2D eigenvalue weighted by Crippen LogP contribution is -2.53. The molecule has 0 aromatic heterocycles. The van der Waals surface area contributed by atoms with E-state index >= 15 is 0 Å². The number of carboxylic acid groups (broad SMARTS) is 1. The molecule has 39 heteroatoms. The number of carbonyl (C=O) groups is 13. The van der Waals surface area contributed by atoms with Crippen LogP contribution >= 0.6 is 33.3 Å². The monoisotopic (exact) mass is 1620 g/mol. The third-order valence-electron chi connectivity index (χ3n) is 16.3. The van der Waals surface area contributed by atoms with Gasteiger partial charge in [-0.1, -0.05) is 69.2 Å². The van der Waals surface area contributed by atoms with Gasteiger partial charge in [-0.2, -0.15) is 0 Å². The second kappa shape index (κ2) is 58.6. The number of halogens is 1. The fraction of sp³-hybridized carbons (Fsp3) is 0.625. The molecule has 2 aliphatic heterocycles. The van der Waals surface area contributed by atoms with Crippen molar-refractivity contribution in [2.45, 2.75) is 101 Å². The maximum atomic E-state index is 14.8. The number of carboxylic acids is 1. The minimum atomic E-state index is -1.53. The van der Waals surface area contributed by atoms with Crippen LogP contribution in [0.15, 0.2) is 64.7 Å². The summed E-state index contributed by atoms with van der Waals surface area (Å²) in [6, 6.07) is 8.99. The smallest absolute Gasteiger partial charge is 0.304 e. The molecule has 618 valence electrons. The number of unbranched alkanes of at least 4 members (excludes halogenated alkanes) is 1. The maximum absolute atomic E-state index is 14.8. The number of thioether (sulfide) groups is 1. The van der Waals surface area contributed by atoms with E-state index < -0.39 is 158 Å². The number of nitrogens with one attached hydrogen (secondary N) is 8. The van der Waals surface area contributed by atoms with Crippen LogP contribution in [0.5, 0.6) is 0 Å². The number of fused-ring (bicyclic) bond motifs is 5. The van der Waals surface area contributed by atoms with Gasteiger partial charge >= 0.3 is 5.97 Å². The number of hydrogen-bond donors (Lipinski definition) is 11. The highest BCUT2D eigenvalue weighted by atomic mass is 33.1. The molecular weight excluding hydrogens is 1520 g/mol. The second-order valence-corrected chi connectivity index (χ2v) is 28.9. The van der Waals surface area contributed by atoms with Crippen LogP contribution in [0.3, 0.4) is 0 Å². The van der Waals surface area contributed by atoms with Crippen LogP contribution < -0.4 is 54.0 Å². The molecule has 2 aromatic carbocycles. The Bertz CT molecular complexity index is 3260. The number of carbonyl (C=O) groups excluding carboxylic acids is 12. The summed E-state index contributed by atoms with van der Waals surface area (Å²) >= 11 is 0.973. The molecule has 2 bridgehead atoms. The van der Waals surface area contributed by atoms with Gasteiger partial charge in [0.2, 0.25) is 41.4 Å². The number of methoxy groups -OCH3 is 1. The van der Waals surface area contributed by atoms with Crippen molar-refractivity contribution in [3.8, 4) is 0 Å². The van der Waals surface area contributed by atoms with Gasteiger partial charge in [-0.25, -0.2) is 4.39 Å². The largest absolute Gasteiger partial charge is 0.481 e. The summed E-state index contributed by atoms with van der Waals surface area (Å²) in [5, 5.41) is 35.0. The van der Waals surface area contributed by atoms with Crippen molar-refractivity contribution >= 4 is 122 Å². The molecule has 0 aliphatic carbocycles. The fourth-order valence-electron chi connectivity index (χ4n) is 10.6. The first-order chi connectivity index (χ1) is 53.6. The minimum absolute atomic E-state index is 0.00935. The zero-order chi connectivity index (χ0) is 80.6. The highest BCUT2D eigenvalue weighted by molar-refractivity contribution is 8.76. The number of hydrogen-bond acceptors (Lipinski definition) is 27. The summed E-state index contributed by atoms with van der Waals surface area (Å²) in [7, 11) is 3.51. The van der Waals surface area contributed by atoms with Gasteiger partial charge in [-0.3, -0.25) is 67.3 Å². The van der Waals surface area contributed by atoms with E-state index in [1.54, 1.807) is 30.3 Å². The molecule has 0 unspecified atom stereocenters. The number of amides is 8. The van der Waals surface area contributed by atoms with E-state index in [0.717, 1.165) is 33.3 Å². The summed E-state index contributed by atoms with van der Waals surface area (Å²) in [5.41, 5.74) is 12.3. The van der Waals surface area contributed by atoms with Crippen molar-refractivity contribution in [1.82, 2.24) is 42.5 Å². The van der Waals surface area contributed by atoms with Crippen LogP contribution in [-0.2, 0) is 111 Å². The van der Waals surface area contributed by atoms with Gasteiger partial charge < -0.3 is 102 Å². The van der Waals surface area contributed by atoms with Crippen LogP contribution in [0.25, 0.3) is 0 Å². The quantitative estimate of drug-likeness (QED) is 0.0131. The standard InChI is InChI=1S/C72H107FN12O23S3/c1-100-25-26-101-22-8-13-60(87)57-45-109-48-66(93)82-56(12-5-6-18-76-63(90)42-107-43-64(91)77-20-23-102-27-29-104-31-33-106-34-32-105-30-28-103-24-21-78-65(92)44-108-81-40-50-14-16-54(73)17-15-50)71(99)85-59-47-111-110-46-58(62(89)38-52(69(97)83-57)35-49-9-3-2-4-10-49)84-70(98)53(39-67(94)95)36-55(86)41-80-68(96)51(37-61(59)88)11-7-19-79-72(74)75/h2-4,9-10,14-17,40,51-53,56-59H,5-8,11-13,18-39,41-48H2,1H3,(H,76,90)(H,77,91)(H,78,92)(H,80,96)(H,82,93)(H,83,97)(H,84,98)(H,85,99)(H,94,95)(H4,74,75,79)/b81-40+/t51-,52-,53+,56+,57+,58+,59+/m1/s1/i73-1. The Morgan fingerprint density at radius 2 is 1.14 bits per heavy atom. The number of Topliss-reactive ketones (excluding diaryl/α,β-unsaturated/α-hetero) is 4. The van der Waals surface area contributed by atoms with Crippen LogP contribution in [-0.4, -0.2) is 286 Å². The molecule has 0 saturated carbocycles. The lowest BCUT2D eigenvalue weighted by molar-refractivity contribution is -0.142. The first kappa shape index (κ1) is 95.1. The molecule has 2 fully saturated rings. The summed E-state index contributed by atoms with van der Waals surface area (Å²) < 4.78 is 56.3. The van der Waals surface area contributed by atoms with Crippen molar-refractivity contribution in [1.29, 1.82) is 0 Å². The number of nitrogens with two attached hydrogens (primary N) is 2. The SMILES string of the molecule is COCCOCCCC(=O)[C@@H]1CSCC(=O)N[C@@H](CCCCNC(=O)COCC(=O)NCCOCCOCCOCCOCCOCCNC(=O)CO/N=C/c2ccc([18F])cc2)C(=O)N[C@H]2CSSC[C@H](NC(=O)[C@H](CC(=O)O)CC(=O)CNC(=O)[C@H](CCCN=C(N)N)CC2=O)C(=O)C[C@@H](Cc2ccccc2)C(=O)N1. The lowest BCUT2D eigenvalue weighted by Gasteiger charge is -2.26. The zero-order valence-electron chi connectivity index (χ0n) is 62.6. The third kappa shape index (κ3) is 45.1. The molecule has 0 spiro atoms. The van der Waals surface area contributed by atoms with Gasteiger partial charge in [0.05, 0.1) is 128 Å². The van der Waals surface area contributed by atoms with E-state index in [9.17, 15) is 71.8 Å². The Morgan fingerprint density at radius 1 is 0.577 bits per heavy atom. The molecule has 2 heterocycles. The second-order valence-electron chi connectivity index (χ2n) is 25.4. The third-order valence-corrected chi connectivity index (χ3v) is 19.8. The van der Waals surface area contributed by atoms with Crippen LogP contribution in [0.1, 0.15) is 81.8 Å². The molecule has 2 saturated heterocycles. The Balaban J connectivity index is 1.32. The summed E-state index contributed by atoms with van der Waals surface area (Å²) in [6.45, 7) is 2.37. The first-order valence-electron chi connectivity index (χ1n) is 36.6. The van der Waals surface area contributed by atoms with Crippen LogP contribution in [0.2, 0.25) is 0 Å². The number of benzene rings is 2. The van der Waals surface area contributed by atoms with E-state index in [-0.39, 0.29) is 164 Å². The number of ether oxygens (including phenoxy) is 8. The van der Waals surface area contributed by atoms with Crippen molar-refractivity contribution in [2.24, 2.45) is 39.4 Å². The minimum Gasteiger partial charge on any atom is -0.481 e. The molecule has 4 rings (SSSR count). The number of oxime groups is 1. The molecule has 2 aliphatic rings. The average Bonchev–Trinajstić information content (AvgIpc) is 0.888. The van der Waals surface area contributed by atoms with Gasteiger partial charge in [0.25, 0.3) is 5.91 Å². The number of aliphatic imine (C=N–C) groups is 1. The van der Waals surface area contributed by atoms with Crippen molar-refractivity contribution in [2.75, 3.05) is 169 Å². The number of ketones is 4. The number of aliphatic carboxylic acids is 1. The first-order valence-corrected chi connectivity index (χ1v) is 40.2. The maximum Gasteiger partial charge on any atom is 0.304 e. The van der Waals surface area contributed by atoms with E-state index in [0.29, 0.717) is 57.4 Å². The molecule has 8 amide bonds. The molecule has 111 heavy (non-hydrogen) atoms. The highest BCUT2D eigenvalue weighted by Crippen LogP contribution is 2.27. The topological polar surface area (TPSA) is 498 Å².